The molecule has 0 aliphatic heterocycles. The summed E-state index contributed by atoms with van der Waals surface area (Å²) >= 11 is 0. The van der Waals surface area contributed by atoms with Crippen LogP contribution >= 0.6 is 0 Å². The van der Waals surface area contributed by atoms with Crippen LogP contribution in [0.25, 0.3) is 43.5 Å². The first-order valence-corrected chi connectivity index (χ1v) is 13.4. The highest BCUT2D eigenvalue weighted by Crippen LogP contribution is 2.30. The quantitative estimate of drug-likeness (QED) is 0.0766. The Morgan fingerprint density at radius 1 is 0.750 bits per heavy atom. The van der Waals surface area contributed by atoms with Gasteiger partial charge in [-0.2, -0.15) is 0 Å². The molecule has 2 heterocycles. The van der Waals surface area contributed by atoms with Crippen molar-refractivity contribution in [3.05, 3.63) is 99.0 Å². The van der Waals surface area contributed by atoms with Crippen molar-refractivity contribution in [2.45, 2.75) is 6.29 Å². The summed E-state index contributed by atoms with van der Waals surface area (Å²) in [6, 6.07) is 16.3. The summed E-state index contributed by atoms with van der Waals surface area (Å²) in [5.41, 5.74) is -1.14. The van der Waals surface area contributed by atoms with Gasteiger partial charge in [0.15, 0.2) is 0 Å². The molecule has 2 aromatic heterocycles. The van der Waals surface area contributed by atoms with Crippen molar-refractivity contribution >= 4 is 43.5 Å². The van der Waals surface area contributed by atoms with Crippen LogP contribution in [0.4, 0.5) is 4.39 Å². The van der Waals surface area contributed by atoms with Gasteiger partial charge in [-0.1, -0.05) is 5.92 Å². The molecule has 0 bridgehead atoms. The number of halogens is 1. The largest absolute Gasteiger partial charge is 0.508 e. The van der Waals surface area contributed by atoms with E-state index in [4.69, 9.17) is 28.2 Å². The van der Waals surface area contributed by atoms with Crippen LogP contribution in [0.15, 0.2) is 85.2 Å². The summed E-state index contributed by atoms with van der Waals surface area (Å²) < 4.78 is 41.7. The fourth-order valence-corrected chi connectivity index (χ4v) is 4.77. The molecule has 4 aromatic carbocycles. The van der Waals surface area contributed by atoms with Crippen LogP contribution in [0.1, 0.15) is 5.56 Å². The molecular weight excluding hydrogens is 575 g/mol. The molecule has 1 atom stereocenters. The predicted molar refractivity (Wildman–Crippen MR) is 159 cm³/mol. The van der Waals surface area contributed by atoms with Gasteiger partial charge in [-0.25, -0.2) is 14.0 Å². The highest BCUT2D eigenvalue weighted by molar-refractivity contribution is 6.06. The van der Waals surface area contributed by atoms with Crippen molar-refractivity contribution in [2.75, 3.05) is 26.4 Å². The summed E-state index contributed by atoms with van der Waals surface area (Å²) in [5, 5.41) is 31.3. The molecule has 0 saturated carbocycles. The van der Waals surface area contributed by atoms with Gasteiger partial charge >= 0.3 is 11.3 Å². The van der Waals surface area contributed by atoms with Gasteiger partial charge in [-0.05, 0) is 60.5 Å². The number of aromatic hydroxyl groups is 1. The zero-order valence-corrected chi connectivity index (χ0v) is 22.8. The molecule has 44 heavy (non-hydrogen) atoms. The van der Waals surface area contributed by atoms with E-state index in [0.29, 0.717) is 32.7 Å². The molecule has 0 fully saturated rings. The summed E-state index contributed by atoms with van der Waals surface area (Å²) in [4.78, 5) is 25.1. The van der Waals surface area contributed by atoms with Crippen LogP contribution < -0.4 is 20.7 Å². The molecule has 1 unspecified atom stereocenters. The topological polar surface area (TPSA) is 149 Å². The third-order valence-electron chi connectivity index (χ3n) is 6.75. The van der Waals surface area contributed by atoms with Gasteiger partial charge in [-0.3, -0.25) is 0 Å². The lowest BCUT2D eigenvalue weighted by Gasteiger charge is -2.10. The van der Waals surface area contributed by atoms with E-state index in [1.807, 2.05) is 0 Å². The van der Waals surface area contributed by atoms with Crippen molar-refractivity contribution in [1.29, 1.82) is 0 Å². The molecule has 0 spiro atoms. The molecule has 0 saturated heterocycles. The Kier molecular flexibility index (Phi) is 7.87. The molecule has 0 radical (unpaired) electrons. The molecule has 222 valence electrons. The Balaban J connectivity index is 1.23. The summed E-state index contributed by atoms with van der Waals surface area (Å²) in [6.07, 6.45) is -1.68. The van der Waals surface area contributed by atoms with Crippen molar-refractivity contribution in [2.24, 2.45) is 0 Å². The van der Waals surface area contributed by atoms with E-state index in [-0.39, 0.29) is 60.0 Å². The number of phenolic OH excluding ortho intramolecular Hbond substituents is 1. The molecule has 10 nitrogen and oxygen atoms in total. The second kappa shape index (κ2) is 12.1. The van der Waals surface area contributed by atoms with E-state index >= 15 is 0 Å². The fraction of sp³-hybridized carbons (Fsp3) is 0.152. The third kappa shape index (κ3) is 5.77. The SMILES string of the molecule is O=c1oc2cc(OC(O)C#Cc3cc4c(cc3F)c(=O)oc3cc(O)ccc34)ccc2c2ccc(OCCOCCO)cc12. The second-order valence-corrected chi connectivity index (χ2v) is 9.63. The van der Waals surface area contributed by atoms with E-state index in [9.17, 15) is 24.2 Å². The van der Waals surface area contributed by atoms with E-state index < -0.39 is 23.4 Å². The Morgan fingerprint density at radius 2 is 1.43 bits per heavy atom. The van der Waals surface area contributed by atoms with Crippen molar-refractivity contribution < 1.29 is 42.8 Å². The van der Waals surface area contributed by atoms with Crippen LogP contribution in [-0.2, 0) is 4.74 Å². The number of rotatable bonds is 8. The minimum absolute atomic E-state index is 0.000751. The van der Waals surface area contributed by atoms with Gasteiger partial charge in [-0.15, -0.1) is 0 Å². The normalized spacial score (nSPS) is 12.0. The van der Waals surface area contributed by atoms with Gasteiger partial charge in [0, 0.05) is 33.7 Å². The maximum Gasteiger partial charge on any atom is 0.344 e. The summed E-state index contributed by atoms with van der Waals surface area (Å²) in [5.74, 6) is 4.66. The molecular formula is C33H23FO10. The number of aliphatic hydroxyl groups is 2. The van der Waals surface area contributed by atoms with Crippen LogP contribution in [0.5, 0.6) is 17.2 Å². The smallest absolute Gasteiger partial charge is 0.344 e. The molecule has 6 aromatic rings. The summed E-state index contributed by atoms with van der Waals surface area (Å²) in [7, 11) is 0. The van der Waals surface area contributed by atoms with Crippen LogP contribution in [0.3, 0.4) is 0 Å². The van der Waals surface area contributed by atoms with Gasteiger partial charge < -0.3 is 38.4 Å². The van der Waals surface area contributed by atoms with E-state index in [0.717, 1.165) is 6.07 Å². The maximum atomic E-state index is 14.8. The fourth-order valence-electron chi connectivity index (χ4n) is 4.77. The molecule has 0 aliphatic carbocycles. The number of benzene rings is 4. The zero-order chi connectivity index (χ0) is 30.8. The van der Waals surface area contributed by atoms with Crippen LogP contribution in [0, 0.1) is 17.7 Å². The number of hydrogen-bond donors (Lipinski definition) is 3. The number of aliphatic hydroxyl groups excluding tert-OH is 2. The van der Waals surface area contributed by atoms with Crippen LogP contribution in [-0.4, -0.2) is 48.0 Å². The molecule has 6 rings (SSSR count). The number of ether oxygens (including phenoxy) is 3. The van der Waals surface area contributed by atoms with Crippen molar-refractivity contribution in [1.82, 2.24) is 0 Å². The second-order valence-electron chi connectivity index (χ2n) is 9.63. The molecule has 0 aliphatic rings. The van der Waals surface area contributed by atoms with Gasteiger partial charge in [0.2, 0.25) is 0 Å². The first kappa shape index (κ1) is 28.7. The highest BCUT2D eigenvalue weighted by atomic mass is 19.1. The lowest BCUT2D eigenvalue weighted by molar-refractivity contribution is 0.0332. The number of fused-ring (bicyclic) bond motifs is 6. The van der Waals surface area contributed by atoms with Crippen molar-refractivity contribution in [3.63, 3.8) is 0 Å². The Hall–Kier alpha value is -5.41. The van der Waals surface area contributed by atoms with Gasteiger partial charge in [0.1, 0.15) is 40.8 Å². The lowest BCUT2D eigenvalue weighted by atomic mass is 10.0. The third-order valence-corrected chi connectivity index (χ3v) is 6.75. The zero-order valence-electron chi connectivity index (χ0n) is 22.8. The molecule has 0 amide bonds. The Labute approximate surface area is 247 Å². The average molecular weight is 599 g/mol. The highest BCUT2D eigenvalue weighted by Gasteiger charge is 2.14. The van der Waals surface area contributed by atoms with E-state index in [1.165, 1.54) is 30.3 Å². The minimum atomic E-state index is -1.68. The van der Waals surface area contributed by atoms with E-state index in [2.05, 4.69) is 11.8 Å². The number of phenols is 1. The average Bonchev–Trinajstić information content (AvgIpc) is 3.00. The first-order chi connectivity index (χ1) is 21.3. The van der Waals surface area contributed by atoms with Gasteiger partial charge in [0.05, 0.1) is 36.2 Å². The standard InChI is InChI=1S/C33H23FO10/c34-28-17-27-25(24-5-2-19(36)14-29(24)43-33(27)39)13-18(28)1-8-31(37)42-21-4-7-23-22-6-3-20(41-12-11-40-10-9-35)15-26(22)32(38)44-30(23)16-21/h2-7,13-17,31,35-37H,9-12H2. The maximum absolute atomic E-state index is 14.8. The molecule has 3 N–H and O–H groups in total. The number of hydrogen-bond acceptors (Lipinski definition) is 10. The predicted octanol–water partition coefficient (Wildman–Crippen LogP) is 4.19. The monoisotopic (exact) mass is 598 g/mol. The van der Waals surface area contributed by atoms with Crippen LogP contribution in [0.2, 0.25) is 0 Å². The van der Waals surface area contributed by atoms with Gasteiger partial charge in [0.25, 0.3) is 6.29 Å². The Bertz CT molecular complexity index is 2230. The molecule has 11 heteroatoms. The lowest BCUT2D eigenvalue weighted by Crippen LogP contribution is -2.12. The summed E-state index contributed by atoms with van der Waals surface area (Å²) in [6.45, 7) is 0.649. The Morgan fingerprint density at radius 3 is 2.23 bits per heavy atom. The first-order valence-electron chi connectivity index (χ1n) is 13.4. The van der Waals surface area contributed by atoms with E-state index in [1.54, 1.807) is 30.3 Å². The minimum Gasteiger partial charge on any atom is -0.508 e. The van der Waals surface area contributed by atoms with Crippen molar-refractivity contribution in [3.8, 4) is 29.1 Å².